The molecule has 0 aliphatic carbocycles. The van der Waals surface area contributed by atoms with Gasteiger partial charge in [-0.2, -0.15) is 4.31 Å². The minimum Gasteiger partial charge on any atom is -0.379 e. The Kier molecular flexibility index (Phi) is 9.44. The van der Waals surface area contributed by atoms with Gasteiger partial charge in [-0.25, -0.2) is 12.8 Å². The Bertz CT molecular complexity index is 1240. The lowest BCUT2D eigenvalue weighted by Crippen LogP contribution is -2.46. The van der Waals surface area contributed by atoms with Gasteiger partial charge in [0.15, 0.2) is 0 Å². The van der Waals surface area contributed by atoms with E-state index in [2.05, 4.69) is 4.90 Å². The Morgan fingerprint density at radius 1 is 1.03 bits per heavy atom. The SMILES string of the molecule is Cc1ccc(S(=O)(=O)N(CCN2CCOCC2)CC(=O)N(Cc2ccc(F)cc2)Cc2cccs2)cc1. The quantitative estimate of drug-likeness (QED) is 0.367. The molecule has 0 unspecified atom stereocenters. The van der Waals surface area contributed by atoms with Crippen molar-refractivity contribution < 1.29 is 22.3 Å². The number of morpholine rings is 1. The Morgan fingerprint density at radius 3 is 2.38 bits per heavy atom. The third-order valence-electron chi connectivity index (χ3n) is 6.31. The van der Waals surface area contributed by atoms with Crippen LogP contribution in [0.4, 0.5) is 4.39 Å². The fourth-order valence-electron chi connectivity index (χ4n) is 4.11. The molecule has 0 atom stereocenters. The summed E-state index contributed by atoms with van der Waals surface area (Å²) in [5.74, 6) is -0.659. The highest BCUT2D eigenvalue weighted by Gasteiger charge is 2.29. The zero-order valence-electron chi connectivity index (χ0n) is 20.9. The summed E-state index contributed by atoms with van der Waals surface area (Å²) in [5, 5.41) is 1.94. The van der Waals surface area contributed by atoms with E-state index in [0.29, 0.717) is 26.3 Å². The minimum absolute atomic E-state index is 0.163. The Labute approximate surface area is 222 Å². The highest BCUT2D eigenvalue weighted by Crippen LogP contribution is 2.19. The molecule has 3 aromatic rings. The summed E-state index contributed by atoms with van der Waals surface area (Å²) in [5.41, 5.74) is 1.73. The molecule has 1 aliphatic rings. The van der Waals surface area contributed by atoms with Crippen molar-refractivity contribution in [3.05, 3.63) is 87.9 Å². The van der Waals surface area contributed by atoms with E-state index in [4.69, 9.17) is 4.74 Å². The number of ether oxygens (including phenoxy) is 1. The lowest BCUT2D eigenvalue weighted by atomic mass is 10.2. The van der Waals surface area contributed by atoms with E-state index in [1.165, 1.54) is 27.8 Å². The third-order valence-corrected chi connectivity index (χ3v) is 9.03. The van der Waals surface area contributed by atoms with E-state index in [0.717, 1.165) is 29.1 Å². The number of amides is 1. The van der Waals surface area contributed by atoms with Gasteiger partial charge in [-0.05, 0) is 48.2 Å². The molecule has 1 saturated heterocycles. The van der Waals surface area contributed by atoms with Crippen LogP contribution in [0, 0.1) is 12.7 Å². The van der Waals surface area contributed by atoms with E-state index in [1.807, 2.05) is 24.4 Å². The van der Waals surface area contributed by atoms with Gasteiger partial charge in [-0.15, -0.1) is 11.3 Å². The van der Waals surface area contributed by atoms with Gasteiger partial charge < -0.3 is 9.64 Å². The van der Waals surface area contributed by atoms with Crippen LogP contribution >= 0.6 is 11.3 Å². The van der Waals surface area contributed by atoms with E-state index < -0.39 is 10.0 Å². The van der Waals surface area contributed by atoms with Gasteiger partial charge in [0.05, 0.1) is 31.2 Å². The number of thiophene rings is 1. The molecular weight excluding hydrogens is 513 g/mol. The van der Waals surface area contributed by atoms with Crippen molar-refractivity contribution in [3.8, 4) is 0 Å². The van der Waals surface area contributed by atoms with Crippen LogP contribution in [0.3, 0.4) is 0 Å². The number of hydrogen-bond acceptors (Lipinski definition) is 6. The van der Waals surface area contributed by atoms with Crippen LogP contribution in [0.1, 0.15) is 16.0 Å². The van der Waals surface area contributed by atoms with Crippen molar-refractivity contribution in [3.63, 3.8) is 0 Å². The molecule has 1 amide bonds. The first-order valence-corrected chi connectivity index (χ1v) is 14.5. The maximum Gasteiger partial charge on any atom is 0.243 e. The predicted molar refractivity (Wildman–Crippen MR) is 142 cm³/mol. The second kappa shape index (κ2) is 12.7. The van der Waals surface area contributed by atoms with Gasteiger partial charge >= 0.3 is 0 Å². The highest BCUT2D eigenvalue weighted by molar-refractivity contribution is 7.89. The molecule has 4 rings (SSSR count). The van der Waals surface area contributed by atoms with Crippen molar-refractivity contribution in [2.45, 2.75) is 24.9 Å². The van der Waals surface area contributed by atoms with Gasteiger partial charge in [-0.1, -0.05) is 35.9 Å². The van der Waals surface area contributed by atoms with Gasteiger partial charge in [0.25, 0.3) is 0 Å². The average molecular weight is 546 g/mol. The zero-order chi connectivity index (χ0) is 26.3. The monoisotopic (exact) mass is 545 g/mol. The fraction of sp³-hybridized carbons (Fsp3) is 0.370. The number of hydrogen-bond donors (Lipinski definition) is 0. The summed E-state index contributed by atoms with van der Waals surface area (Å²) in [6, 6.07) is 16.5. The molecule has 0 spiro atoms. The van der Waals surface area contributed by atoms with Crippen LogP contribution in [-0.2, 0) is 32.6 Å². The molecular formula is C27H32FN3O4S2. The molecule has 2 aromatic carbocycles. The van der Waals surface area contributed by atoms with Crippen molar-refractivity contribution in [2.75, 3.05) is 45.9 Å². The number of benzene rings is 2. The van der Waals surface area contributed by atoms with E-state index in [-0.39, 0.29) is 36.3 Å². The molecule has 1 aliphatic heterocycles. The zero-order valence-corrected chi connectivity index (χ0v) is 22.5. The highest BCUT2D eigenvalue weighted by atomic mass is 32.2. The summed E-state index contributed by atoms with van der Waals surface area (Å²) in [4.78, 5) is 18.6. The van der Waals surface area contributed by atoms with E-state index in [1.54, 1.807) is 41.3 Å². The third kappa shape index (κ3) is 7.68. The smallest absolute Gasteiger partial charge is 0.243 e. The van der Waals surface area contributed by atoms with Crippen molar-refractivity contribution in [1.29, 1.82) is 0 Å². The number of sulfonamides is 1. The number of rotatable bonds is 11. The largest absolute Gasteiger partial charge is 0.379 e. The molecule has 0 saturated carbocycles. The molecule has 0 N–H and O–H groups in total. The standard InChI is InChI=1S/C27H32FN3O4S2/c1-22-4-10-26(11-5-22)37(33,34)31(13-12-29-14-16-35-17-15-29)21-27(32)30(20-25-3-2-18-36-25)19-23-6-8-24(28)9-7-23/h2-11,18H,12-17,19-21H2,1H3. The number of carbonyl (C=O) groups excluding carboxylic acids is 1. The summed E-state index contributed by atoms with van der Waals surface area (Å²) in [6.07, 6.45) is 0. The Balaban J connectivity index is 1.56. The van der Waals surface area contributed by atoms with Crippen LogP contribution in [0.5, 0.6) is 0 Å². The summed E-state index contributed by atoms with van der Waals surface area (Å²) < 4.78 is 47.5. The molecule has 2 heterocycles. The number of carbonyl (C=O) groups is 1. The van der Waals surface area contributed by atoms with Crippen LogP contribution in [0.25, 0.3) is 0 Å². The number of nitrogens with zero attached hydrogens (tertiary/aromatic N) is 3. The van der Waals surface area contributed by atoms with Gasteiger partial charge in [0.1, 0.15) is 5.82 Å². The second-order valence-corrected chi connectivity index (χ2v) is 12.0. The Hall–Kier alpha value is -2.63. The molecule has 1 fully saturated rings. The van der Waals surface area contributed by atoms with E-state index in [9.17, 15) is 17.6 Å². The minimum atomic E-state index is -3.91. The summed E-state index contributed by atoms with van der Waals surface area (Å²) >= 11 is 1.53. The first kappa shape index (κ1) is 27.4. The normalized spacial score (nSPS) is 14.7. The maximum absolute atomic E-state index is 13.7. The van der Waals surface area contributed by atoms with Crippen LogP contribution < -0.4 is 0 Å². The fourth-order valence-corrected chi connectivity index (χ4v) is 6.21. The maximum atomic E-state index is 13.7. The van der Waals surface area contributed by atoms with Crippen molar-refractivity contribution in [1.82, 2.24) is 14.1 Å². The molecule has 0 radical (unpaired) electrons. The Morgan fingerprint density at radius 2 is 1.73 bits per heavy atom. The lowest BCUT2D eigenvalue weighted by Gasteiger charge is -2.31. The van der Waals surface area contributed by atoms with Crippen LogP contribution in [0.2, 0.25) is 0 Å². The molecule has 37 heavy (non-hydrogen) atoms. The molecule has 0 bridgehead atoms. The topological polar surface area (TPSA) is 70.2 Å². The van der Waals surface area contributed by atoms with E-state index >= 15 is 0 Å². The van der Waals surface area contributed by atoms with Crippen LogP contribution in [-0.4, -0.2) is 74.4 Å². The summed E-state index contributed by atoms with van der Waals surface area (Å²) in [7, 11) is -3.91. The molecule has 198 valence electrons. The lowest BCUT2D eigenvalue weighted by molar-refractivity contribution is -0.132. The van der Waals surface area contributed by atoms with Crippen molar-refractivity contribution in [2.24, 2.45) is 0 Å². The number of halogens is 1. The molecule has 7 nitrogen and oxygen atoms in total. The predicted octanol–water partition coefficient (Wildman–Crippen LogP) is 3.75. The van der Waals surface area contributed by atoms with Crippen LogP contribution in [0.15, 0.2) is 70.9 Å². The van der Waals surface area contributed by atoms with Gasteiger partial charge in [-0.3, -0.25) is 9.69 Å². The number of aryl methyl sites for hydroxylation is 1. The first-order chi connectivity index (χ1) is 17.8. The van der Waals surface area contributed by atoms with Crippen molar-refractivity contribution >= 4 is 27.3 Å². The summed E-state index contributed by atoms with van der Waals surface area (Å²) in [6.45, 7) is 5.56. The molecule has 1 aromatic heterocycles. The molecule has 10 heteroatoms. The van der Waals surface area contributed by atoms with Gasteiger partial charge in [0, 0.05) is 37.6 Å². The van der Waals surface area contributed by atoms with Gasteiger partial charge in [0.2, 0.25) is 15.9 Å². The second-order valence-electron chi connectivity index (χ2n) is 9.06. The first-order valence-electron chi connectivity index (χ1n) is 12.2. The average Bonchev–Trinajstić information content (AvgIpc) is 3.41.